The van der Waals surface area contributed by atoms with Crippen molar-refractivity contribution in [2.24, 2.45) is 50.2 Å². The van der Waals surface area contributed by atoms with Gasteiger partial charge in [-0.25, -0.2) is 0 Å². The van der Waals surface area contributed by atoms with Crippen LogP contribution in [0.15, 0.2) is 11.6 Å². The van der Waals surface area contributed by atoms with E-state index in [1.54, 1.807) is 0 Å². The molecule has 23 nitrogen and oxygen atoms in total. The molecule has 14 N–H and O–H groups in total. The van der Waals surface area contributed by atoms with Crippen molar-refractivity contribution in [3.63, 3.8) is 0 Å². The molecule has 5 aliphatic carbocycles. The van der Waals surface area contributed by atoms with Gasteiger partial charge in [-0.15, -0.1) is 0 Å². The van der Waals surface area contributed by atoms with Crippen molar-refractivity contribution in [2.45, 2.75) is 242 Å². The van der Waals surface area contributed by atoms with Gasteiger partial charge in [-0.05, 0) is 109 Å². The van der Waals surface area contributed by atoms with Crippen molar-refractivity contribution < 1.29 is 114 Å². The molecule has 9 rings (SSSR count). The number of esters is 1. The van der Waals surface area contributed by atoms with Crippen LogP contribution in [0.25, 0.3) is 0 Å². The molecule has 4 heterocycles. The molecule has 28 atom stereocenters. The molecule has 0 aromatic carbocycles. The fourth-order valence-electron chi connectivity index (χ4n) is 16.5. The van der Waals surface area contributed by atoms with Crippen LogP contribution in [0.3, 0.4) is 0 Å². The van der Waals surface area contributed by atoms with Crippen molar-refractivity contribution in [1.29, 1.82) is 0 Å². The lowest BCUT2D eigenvalue weighted by atomic mass is 9.33. The standard InChI is InChI=1S/C54H88O23/c1-49(2)14-16-54(48(69)77-46-40(67)37(64)34(61)27(21-57)72-46)17-15-52(6)23(24(54)18-49)8-9-30-51(5)12-11-31(50(3,4)29(51)10-13-53(30,52)7)74-47-43(76-45-39(66)36(63)33(60)26(20-56)71-45)41(68)42(28(22-58)73-47)75-44-38(65)35(62)32(59)25(19-55)70-44/h8,24-47,55-68H,9-22H2,1-7H3/t24?,25-,26-,27-,28-,29?,30?,31+,32-,33-,34-,35+,36+,37+,38-,39-,40-,41+,42-,43-,44+,45+,46+,47+,51+,52-,53-,54+/m1/s1. The normalized spacial score (nSPS) is 53.4. The summed E-state index contributed by atoms with van der Waals surface area (Å²) in [7, 11) is 0. The molecule has 4 saturated heterocycles. The van der Waals surface area contributed by atoms with E-state index in [1.165, 1.54) is 5.57 Å². The minimum atomic E-state index is -1.91. The Morgan fingerprint density at radius 1 is 0.519 bits per heavy atom. The zero-order chi connectivity index (χ0) is 56.3. The first-order chi connectivity index (χ1) is 36.1. The third-order valence-corrected chi connectivity index (χ3v) is 21.4. The monoisotopic (exact) mass is 1100 g/mol. The maximum atomic E-state index is 14.8. The molecular formula is C54H88O23. The average Bonchev–Trinajstić information content (AvgIpc) is 3.45. The number of aliphatic hydroxyl groups is 14. The van der Waals surface area contributed by atoms with Crippen LogP contribution in [0.2, 0.25) is 0 Å². The van der Waals surface area contributed by atoms with E-state index in [4.69, 9.17) is 37.9 Å². The van der Waals surface area contributed by atoms with Crippen molar-refractivity contribution in [1.82, 2.24) is 0 Å². The minimum Gasteiger partial charge on any atom is -0.432 e. The SMILES string of the molecule is CC1(C)CC[C@]2(C(=O)O[C@@H]3O[C@H](CO)[C@@H](O)[C@H](O)[C@H]3O)CC[C@]3(C)C(=CCC4[C@@]5(C)CC[C@H](O[C@@H]6O[C@H](CO)[C@@H](O[C@@H]7O[C@H](CO)[C@@H](O)[C@H](O)[C@H]7O)[C@H](O)[C@H]6O[C@@H]6O[C@H](CO)[C@@H](O)[C@H](O)[C@H]6O)C(C)(C)C5CC[C@]43C)C2C1. The maximum absolute atomic E-state index is 14.8. The van der Waals surface area contributed by atoms with Crippen LogP contribution in [-0.4, -0.2) is 233 Å². The molecule has 0 aromatic rings. The van der Waals surface area contributed by atoms with Crippen molar-refractivity contribution in [3.8, 4) is 0 Å². The zero-order valence-electron chi connectivity index (χ0n) is 45.3. The van der Waals surface area contributed by atoms with Gasteiger partial charge in [-0.3, -0.25) is 4.79 Å². The highest BCUT2D eigenvalue weighted by Crippen LogP contribution is 2.76. The van der Waals surface area contributed by atoms with Crippen LogP contribution < -0.4 is 0 Å². The van der Waals surface area contributed by atoms with Gasteiger partial charge in [0.05, 0.1) is 37.9 Å². The van der Waals surface area contributed by atoms with Gasteiger partial charge in [-0.2, -0.15) is 0 Å². The molecule has 0 aromatic heterocycles. The van der Waals surface area contributed by atoms with Gasteiger partial charge in [0.15, 0.2) is 18.9 Å². The van der Waals surface area contributed by atoms with Crippen molar-refractivity contribution in [2.75, 3.05) is 26.4 Å². The quantitative estimate of drug-likeness (QED) is 0.0569. The lowest BCUT2D eigenvalue weighted by Crippen LogP contribution is -2.68. The number of hydrogen-bond acceptors (Lipinski definition) is 23. The molecule has 77 heavy (non-hydrogen) atoms. The number of carbonyl (C=O) groups excluding carboxylic acids is 1. The Bertz CT molecular complexity index is 2110. The molecule has 4 saturated carbocycles. The smallest absolute Gasteiger partial charge is 0.315 e. The average molecular weight is 1110 g/mol. The third kappa shape index (κ3) is 9.80. The zero-order valence-corrected chi connectivity index (χ0v) is 45.3. The summed E-state index contributed by atoms with van der Waals surface area (Å²) in [6, 6.07) is 0. The second-order valence-corrected chi connectivity index (χ2v) is 26.3. The molecule has 0 amide bonds. The molecule has 9 aliphatic rings. The van der Waals surface area contributed by atoms with E-state index >= 15 is 0 Å². The van der Waals surface area contributed by atoms with Gasteiger partial charge in [0.25, 0.3) is 0 Å². The van der Waals surface area contributed by atoms with E-state index in [0.29, 0.717) is 32.1 Å². The Hall–Kier alpha value is -1.63. The summed E-state index contributed by atoms with van der Waals surface area (Å²) in [5.41, 5.74) is -1.21. The number of aliphatic hydroxyl groups excluding tert-OH is 14. The summed E-state index contributed by atoms with van der Waals surface area (Å²) in [5, 5.41) is 149. The number of fused-ring (bicyclic) bond motifs is 7. The first kappa shape index (κ1) is 60.0. The Labute approximate surface area is 449 Å². The van der Waals surface area contributed by atoms with Gasteiger partial charge in [-0.1, -0.05) is 60.1 Å². The Balaban J connectivity index is 0.976. The van der Waals surface area contributed by atoms with Gasteiger partial charge < -0.3 is 109 Å². The van der Waals surface area contributed by atoms with Crippen LogP contribution in [0.1, 0.15) is 113 Å². The van der Waals surface area contributed by atoms with Crippen molar-refractivity contribution >= 4 is 5.97 Å². The first-order valence-corrected chi connectivity index (χ1v) is 27.8. The van der Waals surface area contributed by atoms with Crippen LogP contribution in [-0.2, 0) is 42.7 Å². The summed E-state index contributed by atoms with van der Waals surface area (Å²) in [4.78, 5) is 14.8. The molecule has 442 valence electrons. The van der Waals surface area contributed by atoms with E-state index < -0.39 is 172 Å². The number of allylic oxidation sites excluding steroid dienone is 2. The second-order valence-electron chi connectivity index (χ2n) is 26.3. The molecular weight excluding hydrogens is 1020 g/mol. The molecule has 0 spiro atoms. The number of carbonyl (C=O) groups is 1. The summed E-state index contributed by atoms with van der Waals surface area (Å²) in [6.07, 6.45) is -24.6. The van der Waals surface area contributed by atoms with Crippen LogP contribution >= 0.6 is 0 Å². The fraction of sp³-hybridized carbons (Fsp3) is 0.944. The largest absolute Gasteiger partial charge is 0.432 e. The topological polar surface area (TPSA) is 374 Å². The lowest BCUT2D eigenvalue weighted by Gasteiger charge is -2.71. The number of ether oxygens (including phenoxy) is 8. The van der Waals surface area contributed by atoms with Crippen LogP contribution in [0, 0.1) is 50.2 Å². The van der Waals surface area contributed by atoms with Gasteiger partial charge >= 0.3 is 5.97 Å². The van der Waals surface area contributed by atoms with E-state index in [0.717, 1.165) is 32.1 Å². The highest BCUT2D eigenvalue weighted by Gasteiger charge is 2.70. The highest BCUT2D eigenvalue weighted by atomic mass is 16.8. The van der Waals surface area contributed by atoms with Gasteiger partial charge in [0, 0.05) is 0 Å². The second kappa shape index (κ2) is 21.8. The summed E-state index contributed by atoms with van der Waals surface area (Å²) in [5.74, 6) is -0.475. The van der Waals surface area contributed by atoms with E-state index in [-0.39, 0.29) is 39.4 Å². The van der Waals surface area contributed by atoms with Crippen LogP contribution in [0.5, 0.6) is 0 Å². The Morgan fingerprint density at radius 3 is 1.56 bits per heavy atom. The molecule has 3 unspecified atom stereocenters. The van der Waals surface area contributed by atoms with Crippen molar-refractivity contribution in [3.05, 3.63) is 11.6 Å². The van der Waals surface area contributed by atoms with Crippen LogP contribution in [0.4, 0.5) is 0 Å². The lowest BCUT2D eigenvalue weighted by molar-refractivity contribution is -0.395. The van der Waals surface area contributed by atoms with E-state index in [2.05, 4.69) is 54.5 Å². The van der Waals surface area contributed by atoms with Gasteiger partial charge in [0.2, 0.25) is 6.29 Å². The fourth-order valence-corrected chi connectivity index (χ4v) is 16.5. The van der Waals surface area contributed by atoms with Gasteiger partial charge in [0.1, 0.15) is 97.7 Å². The molecule has 0 radical (unpaired) electrons. The Morgan fingerprint density at radius 2 is 1.01 bits per heavy atom. The third-order valence-electron chi connectivity index (χ3n) is 21.4. The summed E-state index contributed by atoms with van der Waals surface area (Å²) in [6.45, 7) is 12.8. The highest BCUT2D eigenvalue weighted by molar-refractivity contribution is 5.79. The van der Waals surface area contributed by atoms with E-state index in [9.17, 15) is 76.3 Å². The molecule has 4 aliphatic heterocycles. The summed E-state index contributed by atoms with van der Waals surface area (Å²) < 4.78 is 48.5. The number of hydrogen-bond donors (Lipinski definition) is 14. The molecule has 23 heteroatoms. The predicted octanol–water partition coefficient (Wildman–Crippen LogP) is -2.04. The number of rotatable bonds is 12. The van der Waals surface area contributed by atoms with E-state index in [1.807, 2.05) is 0 Å². The molecule has 0 bridgehead atoms. The first-order valence-electron chi connectivity index (χ1n) is 27.8. The predicted molar refractivity (Wildman–Crippen MR) is 263 cm³/mol. The Kier molecular flexibility index (Phi) is 17.0. The minimum absolute atomic E-state index is 0.0596. The maximum Gasteiger partial charge on any atom is 0.315 e. The molecule has 8 fully saturated rings. The summed E-state index contributed by atoms with van der Waals surface area (Å²) >= 11 is 0.